The van der Waals surface area contributed by atoms with Crippen molar-refractivity contribution in [2.45, 2.75) is 26.4 Å². The van der Waals surface area contributed by atoms with E-state index in [2.05, 4.69) is 0 Å². The highest BCUT2D eigenvalue weighted by Gasteiger charge is 2.31. The number of benzene rings is 2. The molecular formula is C20H17ClF3NO. The highest BCUT2D eigenvalue weighted by Crippen LogP contribution is 2.35. The zero-order valence-electron chi connectivity index (χ0n) is 14.5. The van der Waals surface area contributed by atoms with Gasteiger partial charge in [0.05, 0.1) is 5.56 Å². The van der Waals surface area contributed by atoms with Crippen LogP contribution in [0.5, 0.6) is 0 Å². The lowest BCUT2D eigenvalue weighted by molar-refractivity contribution is -0.137. The molecular weight excluding hydrogens is 363 g/mol. The van der Waals surface area contributed by atoms with E-state index in [1.165, 1.54) is 6.07 Å². The molecule has 0 spiro atoms. The normalized spacial score (nSPS) is 12.0. The van der Waals surface area contributed by atoms with Crippen LogP contribution in [-0.2, 0) is 19.6 Å². The smallest absolute Gasteiger partial charge is 0.347 e. The molecule has 136 valence electrons. The number of halogens is 4. The average Bonchev–Trinajstić information content (AvgIpc) is 2.88. The van der Waals surface area contributed by atoms with E-state index in [1.807, 2.05) is 13.0 Å². The van der Waals surface area contributed by atoms with Crippen molar-refractivity contribution in [1.82, 2.24) is 4.57 Å². The number of hydrogen-bond acceptors (Lipinski definition) is 1. The molecule has 0 amide bonds. The van der Waals surface area contributed by atoms with E-state index in [0.29, 0.717) is 28.1 Å². The molecule has 0 aliphatic rings. The molecule has 0 atom stereocenters. The van der Waals surface area contributed by atoms with Gasteiger partial charge >= 0.3 is 6.18 Å². The Bertz CT molecular complexity index is 1020. The minimum atomic E-state index is -4.39. The van der Waals surface area contributed by atoms with E-state index < -0.39 is 11.7 Å². The van der Waals surface area contributed by atoms with Crippen LogP contribution >= 0.6 is 11.6 Å². The topological polar surface area (TPSA) is 22.0 Å². The van der Waals surface area contributed by atoms with Crippen molar-refractivity contribution in [2.75, 3.05) is 0 Å². The van der Waals surface area contributed by atoms with Crippen molar-refractivity contribution < 1.29 is 18.0 Å². The molecule has 2 nitrogen and oxygen atoms in total. The molecule has 0 aliphatic heterocycles. The second-order valence-corrected chi connectivity index (χ2v) is 6.86. The van der Waals surface area contributed by atoms with E-state index >= 15 is 0 Å². The first-order chi connectivity index (χ1) is 12.1. The van der Waals surface area contributed by atoms with Crippen molar-refractivity contribution >= 4 is 28.8 Å². The average molecular weight is 380 g/mol. The van der Waals surface area contributed by atoms with Gasteiger partial charge in [0.15, 0.2) is 0 Å². The van der Waals surface area contributed by atoms with E-state index in [0.717, 1.165) is 34.6 Å². The van der Waals surface area contributed by atoms with Gasteiger partial charge in [-0.15, -0.1) is 0 Å². The molecule has 0 saturated heterocycles. The Kier molecular flexibility index (Phi) is 4.61. The highest BCUT2D eigenvalue weighted by molar-refractivity contribution is 6.31. The molecule has 0 N–H and O–H groups in total. The van der Waals surface area contributed by atoms with Crippen LogP contribution in [0.4, 0.5) is 13.2 Å². The summed E-state index contributed by atoms with van der Waals surface area (Å²) in [6, 6.07) is 7.55. The summed E-state index contributed by atoms with van der Waals surface area (Å²) >= 11 is 6.30. The molecule has 1 aromatic heterocycles. The molecule has 0 fully saturated rings. The Hall–Kier alpha value is -2.27. The first-order valence-corrected chi connectivity index (χ1v) is 8.40. The van der Waals surface area contributed by atoms with Crippen molar-refractivity contribution in [2.24, 2.45) is 7.05 Å². The maximum atomic E-state index is 13.1. The van der Waals surface area contributed by atoms with Crippen molar-refractivity contribution in [1.29, 1.82) is 0 Å². The number of fused-ring (bicyclic) bond motifs is 1. The van der Waals surface area contributed by atoms with Gasteiger partial charge in [0.25, 0.3) is 0 Å². The summed E-state index contributed by atoms with van der Waals surface area (Å²) < 4.78 is 41.1. The van der Waals surface area contributed by atoms with Crippen LogP contribution < -0.4 is 0 Å². The monoisotopic (exact) mass is 379 g/mol. The Labute approximate surface area is 154 Å². The van der Waals surface area contributed by atoms with Crippen LogP contribution in [-0.4, -0.2) is 10.9 Å². The number of aryl methyl sites for hydroxylation is 2. The Morgan fingerprint density at radius 2 is 1.85 bits per heavy atom. The molecule has 26 heavy (non-hydrogen) atoms. The number of aromatic nitrogens is 1. The minimum Gasteiger partial charge on any atom is -0.347 e. The van der Waals surface area contributed by atoms with E-state index in [4.69, 9.17) is 11.6 Å². The number of carbonyl (C=O) groups is 1. The third-order valence-electron chi connectivity index (χ3n) is 4.86. The summed E-state index contributed by atoms with van der Waals surface area (Å²) in [6.07, 6.45) is -3.18. The van der Waals surface area contributed by atoms with Gasteiger partial charge in [0.1, 0.15) is 6.29 Å². The SMILES string of the molecule is Cc1c(C=O)ccc(Cl)c1Cc1cc2c(C)cc(C(F)(F)F)cc2n1C. The van der Waals surface area contributed by atoms with Gasteiger partial charge in [0.2, 0.25) is 0 Å². The summed E-state index contributed by atoms with van der Waals surface area (Å²) in [5.41, 5.74) is 3.40. The first kappa shape index (κ1) is 18.5. The third-order valence-corrected chi connectivity index (χ3v) is 5.22. The molecule has 1 heterocycles. The quantitative estimate of drug-likeness (QED) is 0.521. The largest absolute Gasteiger partial charge is 0.416 e. The fraction of sp³-hybridized carbons (Fsp3) is 0.250. The van der Waals surface area contributed by atoms with Crippen molar-refractivity contribution in [3.63, 3.8) is 0 Å². The number of hydrogen-bond donors (Lipinski definition) is 0. The van der Waals surface area contributed by atoms with Crippen LogP contribution in [0.3, 0.4) is 0 Å². The standard InChI is InChI=1S/C20H17ClF3NO/c1-11-6-14(20(22,23)24)7-19-16(11)8-15(25(19)3)9-17-12(2)13(10-26)4-5-18(17)21/h4-8,10H,9H2,1-3H3. The number of alkyl halides is 3. The van der Waals surface area contributed by atoms with Gasteiger partial charge in [-0.3, -0.25) is 4.79 Å². The van der Waals surface area contributed by atoms with Gasteiger partial charge in [-0.1, -0.05) is 11.6 Å². The lowest BCUT2D eigenvalue weighted by atomic mass is 9.99. The van der Waals surface area contributed by atoms with Gasteiger partial charge in [0, 0.05) is 40.7 Å². The molecule has 3 rings (SSSR count). The van der Waals surface area contributed by atoms with Crippen LogP contribution in [0.1, 0.15) is 38.3 Å². The van der Waals surface area contributed by atoms with E-state index in [9.17, 15) is 18.0 Å². The number of rotatable bonds is 3. The molecule has 2 aromatic carbocycles. The minimum absolute atomic E-state index is 0.429. The number of carbonyl (C=O) groups excluding carboxylic acids is 1. The molecule has 0 radical (unpaired) electrons. The predicted molar refractivity (Wildman–Crippen MR) is 97.0 cm³/mol. The molecule has 6 heteroatoms. The molecule has 0 saturated carbocycles. The Morgan fingerprint density at radius 3 is 2.46 bits per heavy atom. The zero-order valence-corrected chi connectivity index (χ0v) is 15.3. The molecule has 0 aliphatic carbocycles. The summed E-state index contributed by atoms with van der Waals surface area (Å²) in [5, 5.41) is 1.31. The van der Waals surface area contributed by atoms with Crippen LogP contribution in [0.2, 0.25) is 5.02 Å². The second-order valence-electron chi connectivity index (χ2n) is 6.45. The van der Waals surface area contributed by atoms with E-state index in [-0.39, 0.29) is 0 Å². The maximum Gasteiger partial charge on any atom is 0.416 e. The third kappa shape index (κ3) is 3.12. The fourth-order valence-electron chi connectivity index (χ4n) is 3.26. The number of nitrogens with zero attached hydrogens (tertiary/aromatic N) is 1. The van der Waals surface area contributed by atoms with Crippen molar-refractivity contribution in [3.05, 3.63) is 68.9 Å². The molecule has 0 unspecified atom stereocenters. The summed E-state index contributed by atoms with van der Waals surface area (Å²) in [4.78, 5) is 11.2. The first-order valence-electron chi connectivity index (χ1n) is 8.02. The van der Waals surface area contributed by atoms with Crippen LogP contribution in [0.15, 0.2) is 30.3 Å². The number of aldehydes is 1. The van der Waals surface area contributed by atoms with Gasteiger partial charge in [-0.25, -0.2) is 0 Å². The van der Waals surface area contributed by atoms with Gasteiger partial charge in [-0.05, 0) is 60.9 Å². The Morgan fingerprint density at radius 1 is 1.15 bits per heavy atom. The Balaban J connectivity index is 2.15. The summed E-state index contributed by atoms with van der Waals surface area (Å²) in [5.74, 6) is 0. The van der Waals surface area contributed by atoms with Crippen LogP contribution in [0, 0.1) is 13.8 Å². The van der Waals surface area contributed by atoms with Gasteiger partial charge in [-0.2, -0.15) is 13.2 Å². The second kappa shape index (κ2) is 6.47. The lowest BCUT2D eigenvalue weighted by Gasteiger charge is -2.12. The lowest BCUT2D eigenvalue weighted by Crippen LogP contribution is -2.06. The van der Waals surface area contributed by atoms with E-state index in [1.54, 1.807) is 30.7 Å². The summed E-state index contributed by atoms with van der Waals surface area (Å²) in [7, 11) is 1.74. The zero-order chi connectivity index (χ0) is 19.2. The molecule has 3 aromatic rings. The van der Waals surface area contributed by atoms with Crippen molar-refractivity contribution in [3.8, 4) is 0 Å². The fourth-order valence-corrected chi connectivity index (χ4v) is 3.54. The highest BCUT2D eigenvalue weighted by atomic mass is 35.5. The molecule has 0 bridgehead atoms. The van der Waals surface area contributed by atoms with Crippen LogP contribution in [0.25, 0.3) is 10.9 Å². The predicted octanol–water partition coefficient (Wildman–Crippen LogP) is 5.87. The summed E-state index contributed by atoms with van der Waals surface area (Å²) in [6.45, 7) is 3.49. The maximum absolute atomic E-state index is 13.1. The van der Waals surface area contributed by atoms with Gasteiger partial charge < -0.3 is 4.57 Å².